The second-order valence-electron chi connectivity index (χ2n) is 4.89. The molecule has 1 aromatic rings. The van der Waals surface area contributed by atoms with Crippen molar-refractivity contribution in [3.05, 3.63) is 22.4 Å². The molecule has 1 heterocycles. The van der Waals surface area contributed by atoms with Crippen LogP contribution in [0.5, 0.6) is 0 Å². The Morgan fingerprint density at radius 2 is 2.19 bits per heavy atom. The predicted octanol–water partition coefficient (Wildman–Crippen LogP) is 1.22. The molecule has 90 valence electrons. The molecule has 0 aromatic carbocycles. The molecular weight excluding hydrogens is 222 g/mol. The summed E-state index contributed by atoms with van der Waals surface area (Å²) in [6, 6.07) is 3.64. The van der Waals surface area contributed by atoms with E-state index in [1.165, 1.54) is 16.2 Å². The molecule has 1 rings (SSSR count). The Morgan fingerprint density at radius 1 is 1.50 bits per heavy atom. The second-order valence-corrected chi connectivity index (χ2v) is 5.84. The lowest BCUT2D eigenvalue weighted by Crippen LogP contribution is -3.16. The Bertz CT molecular complexity index is 327. The van der Waals surface area contributed by atoms with Gasteiger partial charge in [-0.2, -0.15) is 0 Å². The average molecular weight is 242 g/mol. The van der Waals surface area contributed by atoms with Crippen molar-refractivity contribution in [3.63, 3.8) is 0 Å². The smallest absolute Gasteiger partial charge is 0.348 e. The first-order chi connectivity index (χ1) is 7.41. The minimum absolute atomic E-state index is 0.190. The summed E-state index contributed by atoms with van der Waals surface area (Å²) in [7, 11) is 2.11. The van der Waals surface area contributed by atoms with Gasteiger partial charge in [-0.3, -0.25) is 0 Å². The summed E-state index contributed by atoms with van der Waals surface area (Å²) in [5, 5.41) is 1.88. The SMILES string of the molecule is C[NH+](CCOC(=O)c1cccs1)C(C)(C)C. The van der Waals surface area contributed by atoms with E-state index in [0.29, 0.717) is 11.5 Å². The molecule has 1 unspecified atom stereocenters. The molecule has 0 spiro atoms. The van der Waals surface area contributed by atoms with Crippen LogP contribution in [0.3, 0.4) is 0 Å². The molecule has 0 bridgehead atoms. The Labute approximate surface area is 101 Å². The van der Waals surface area contributed by atoms with Crippen molar-refractivity contribution < 1.29 is 14.4 Å². The molecule has 0 fully saturated rings. The molecule has 16 heavy (non-hydrogen) atoms. The Morgan fingerprint density at radius 3 is 2.69 bits per heavy atom. The number of thiophene rings is 1. The van der Waals surface area contributed by atoms with E-state index in [9.17, 15) is 4.79 Å². The minimum atomic E-state index is -0.211. The maximum Gasteiger partial charge on any atom is 0.348 e. The maximum absolute atomic E-state index is 11.5. The third kappa shape index (κ3) is 3.94. The largest absolute Gasteiger partial charge is 0.456 e. The molecule has 1 N–H and O–H groups in total. The lowest BCUT2D eigenvalue weighted by atomic mass is 10.1. The normalized spacial score (nSPS) is 13.5. The van der Waals surface area contributed by atoms with E-state index in [2.05, 4.69) is 27.8 Å². The standard InChI is InChI=1S/C12H19NO2S/c1-12(2,3)13(4)7-8-15-11(14)10-6-5-9-16-10/h5-6,9H,7-8H2,1-4H3/p+1. The van der Waals surface area contributed by atoms with Gasteiger partial charge in [0.05, 0.1) is 12.6 Å². The van der Waals surface area contributed by atoms with E-state index < -0.39 is 0 Å². The summed E-state index contributed by atoms with van der Waals surface area (Å²) in [4.78, 5) is 13.5. The molecule has 0 amide bonds. The Hall–Kier alpha value is -0.870. The number of hydrogen-bond donors (Lipinski definition) is 1. The highest BCUT2D eigenvalue weighted by Crippen LogP contribution is 2.09. The van der Waals surface area contributed by atoms with Gasteiger partial charge in [0.1, 0.15) is 18.0 Å². The molecule has 0 radical (unpaired) electrons. The summed E-state index contributed by atoms with van der Waals surface area (Å²) in [6.45, 7) is 7.82. The zero-order chi connectivity index (χ0) is 12.2. The minimum Gasteiger partial charge on any atom is -0.456 e. The third-order valence-electron chi connectivity index (χ3n) is 2.71. The number of quaternary nitrogens is 1. The highest BCUT2D eigenvalue weighted by atomic mass is 32.1. The fourth-order valence-electron chi connectivity index (χ4n) is 1.14. The van der Waals surface area contributed by atoms with E-state index in [4.69, 9.17) is 4.74 Å². The number of carbonyl (C=O) groups is 1. The van der Waals surface area contributed by atoms with Crippen molar-refractivity contribution in [3.8, 4) is 0 Å². The number of hydrogen-bond acceptors (Lipinski definition) is 3. The van der Waals surface area contributed by atoms with E-state index >= 15 is 0 Å². The Kier molecular flexibility index (Phi) is 4.50. The zero-order valence-corrected chi connectivity index (χ0v) is 11.2. The van der Waals surface area contributed by atoms with Gasteiger partial charge < -0.3 is 9.64 Å². The first-order valence-corrected chi connectivity index (χ1v) is 6.33. The van der Waals surface area contributed by atoms with Crippen molar-refractivity contribution in [2.75, 3.05) is 20.2 Å². The van der Waals surface area contributed by atoms with Crippen molar-refractivity contribution in [1.29, 1.82) is 0 Å². The topological polar surface area (TPSA) is 30.7 Å². The number of rotatable bonds is 4. The molecule has 3 nitrogen and oxygen atoms in total. The van der Waals surface area contributed by atoms with Gasteiger partial charge >= 0.3 is 5.97 Å². The van der Waals surface area contributed by atoms with Crippen molar-refractivity contribution in [2.24, 2.45) is 0 Å². The van der Waals surface area contributed by atoms with Gasteiger partial charge in [-0.15, -0.1) is 11.3 Å². The van der Waals surface area contributed by atoms with Crippen LogP contribution < -0.4 is 4.90 Å². The molecule has 1 aromatic heterocycles. The highest BCUT2D eigenvalue weighted by Gasteiger charge is 2.21. The number of esters is 1. The number of carbonyl (C=O) groups excluding carboxylic acids is 1. The first kappa shape index (κ1) is 13.2. The lowest BCUT2D eigenvalue weighted by molar-refractivity contribution is -0.927. The molecule has 1 atom stereocenters. The molecule has 0 aliphatic carbocycles. The van der Waals surface area contributed by atoms with Gasteiger partial charge in [0.25, 0.3) is 0 Å². The number of likely N-dealkylation sites (N-methyl/N-ethyl adjacent to an activating group) is 1. The predicted molar refractivity (Wildman–Crippen MR) is 66.1 cm³/mol. The Balaban J connectivity index is 2.29. The van der Waals surface area contributed by atoms with E-state index in [-0.39, 0.29) is 11.5 Å². The summed E-state index contributed by atoms with van der Waals surface area (Å²) in [5.74, 6) is -0.211. The van der Waals surface area contributed by atoms with Crippen LogP contribution in [0, 0.1) is 0 Å². The molecule has 0 aliphatic rings. The van der Waals surface area contributed by atoms with Crippen LogP contribution in [-0.2, 0) is 4.74 Å². The second kappa shape index (κ2) is 5.46. The lowest BCUT2D eigenvalue weighted by Gasteiger charge is -2.28. The molecule has 0 saturated heterocycles. The molecule has 0 saturated carbocycles. The summed E-state index contributed by atoms with van der Waals surface area (Å²) >= 11 is 1.41. The summed E-state index contributed by atoms with van der Waals surface area (Å²) in [6.07, 6.45) is 0. The van der Waals surface area contributed by atoms with Crippen LogP contribution in [0.15, 0.2) is 17.5 Å². The van der Waals surface area contributed by atoms with Crippen LogP contribution >= 0.6 is 11.3 Å². The number of nitrogens with one attached hydrogen (secondary N) is 1. The van der Waals surface area contributed by atoms with Crippen LogP contribution in [0.1, 0.15) is 30.4 Å². The van der Waals surface area contributed by atoms with Gasteiger partial charge in [0.15, 0.2) is 0 Å². The van der Waals surface area contributed by atoms with Crippen molar-refractivity contribution in [2.45, 2.75) is 26.3 Å². The van der Waals surface area contributed by atoms with Crippen molar-refractivity contribution in [1.82, 2.24) is 0 Å². The van der Waals surface area contributed by atoms with E-state index in [1.807, 2.05) is 11.4 Å². The summed E-state index contributed by atoms with van der Waals surface area (Å²) in [5.41, 5.74) is 0.190. The molecule has 4 heteroatoms. The average Bonchev–Trinajstić information content (AvgIpc) is 2.68. The van der Waals surface area contributed by atoms with E-state index in [0.717, 1.165) is 6.54 Å². The van der Waals surface area contributed by atoms with Gasteiger partial charge in [-0.1, -0.05) is 6.07 Å². The van der Waals surface area contributed by atoms with Crippen LogP contribution in [0.2, 0.25) is 0 Å². The quantitative estimate of drug-likeness (QED) is 0.805. The first-order valence-electron chi connectivity index (χ1n) is 5.45. The fourth-order valence-corrected chi connectivity index (χ4v) is 1.75. The summed E-state index contributed by atoms with van der Waals surface area (Å²) < 4.78 is 5.20. The molecule has 0 aliphatic heterocycles. The molecular formula is C12H20NO2S+. The van der Waals surface area contributed by atoms with Gasteiger partial charge in [0, 0.05) is 0 Å². The fraction of sp³-hybridized carbons (Fsp3) is 0.583. The van der Waals surface area contributed by atoms with Crippen molar-refractivity contribution >= 4 is 17.3 Å². The van der Waals surface area contributed by atoms with E-state index in [1.54, 1.807) is 6.07 Å². The van der Waals surface area contributed by atoms with Crippen LogP contribution in [0.4, 0.5) is 0 Å². The van der Waals surface area contributed by atoms with Gasteiger partial charge in [0.2, 0.25) is 0 Å². The zero-order valence-electron chi connectivity index (χ0n) is 10.4. The third-order valence-corrected chi connectivity index (χ3v) is 3.56. The van der Waals surface area contributed by atoms with Crippen LogP contribution in [0.25, 0.3) is 0 Å². The van der Waals surface area contributed by atoms with Crippen LogP contribution in [-0.4, -0.2) is 31.7 Å². The highest BCUT2D eigenvalue weighted by molar-refractivity contribution is 7.11. The van der Waals surface area contributed by atoms with Gasteiger partial charge in [-0.05, 0) is 32.2 Å². The maximum atomic E-state index is 11.5. The van der Waals surface area contributed by atoms with Gasteiger partial charge in [-0.25, -0.2) is 4.79 Å². The number of ether oxygens (including phenoxy) is 1. The monoisotopic (exact) mass is 242 g/mol.